The number of nitrogens with zero attached hydrogens (tertiary/aromatic N) is 2. The second kappa shape index (κ2) is 9.72. The molecule has 0 bridgehead atoms. The van der Waals surface area contributed by atoms with Crippen LogP contribution in [0.5, 0.6) is 0 Å². The van der Waals surface area contributed by atoms with Crippen molar-refractivity contribution in [3.8, 4) is 0 Å². The third kappa shape index (κ3) is 4.76. The molecule has 0 amide bonds. The highest BCUT2D eigenvalue weighted by Crippen LogP contribution is 2.22. The largest absolute Gasteiger partial charge is 0.333 e. The first kappa shape index (κ1) is 18.9. The number of anilines is 1. The summed E-state index contributed by atoms with van der Waals surface area (Å²) in [7, 11) is 1.50. The maximum absolute atomic E-state index is 7.83. The number of hydrogen-bond acceptors (Lipinski definition) is 7. The van der Waals surface area contributed by atoms with Gasteiger partial charge >= 0.3 is 0 Å². The molecule has 0 saturated carbocycles. The van der Waals surface area contributed by atoms with Crippen molar-refractivity contribution in [2.45, 2.75) is 0 Å². The van der Waals surface area contributed by atoms with Crippen LogP contribution in [0.4, 0.5) is 5.69 Å². The minimum atomic E-state index is 0.0864. The summed E-state index contributed by atoms with van der Waals surface area (Å²) in [6.07, 6.45) is 4.24. The van der Waals surface area contributed by atoms with Crippen molar-refractivity contribution in [1.82, 2.24) is 0 Å². The van der Waals surface area contributed by atoms with Gasteiger partial charge in [0.25, 0.3) is 0 Å². The monoisotopic (exact) mass is 300 g/mol. The van der Waals surface area contributed by atoms with Crippen LogP contribution in [-0.4, -0.2) is 37.9 Å². The molecule has 0 heterocycles. The van der Waals surface area contributed by atoms with E-state index in [-0.39, 0.29) is 5.71 Å². The van der Waals surface area contributed by atoms with Crippen LogP contribution in [0.3, 0.4) is 0 Å². The zero-order chi connectivity index (χ0) is 17.1. The van der Waals surface area contributed by atoms with Gasteiger partial charge in [-0.3, -0.25) is 21.1 Å². The van der Waals surface area contributed by atoms with Crippen molar-refractivity contribution in [2.24, 2.45) is 16.7 Å². The first-order valence-corrected chi connectivity index (χ1v) is 6.11. The zero-order valence-electron chi connectivity index (χ0n) is 12.3. The van der Waals surface area contributed by atoms with Gasteiger partial charge in [0.15, 0.2) is 0 Å². The van der Waals surface area contributed by atoms with Crippen LogP contribution in [0.1, 0.15) is 11.1 Å². The normalized spacial score (nSPS) is 9.36. The molecule has 8 N–H and O–H groups in total. The molecule has 1 rings (SSSR count). The molecule has 8 nitrogen and oxygen atoms in total. The quantitative estimate of drug-likeness (QED) is 0.193. The van der Waals surface area contributed by atoms with Crippen molar-refractivity contribution in [3.63, 3.8) is 0 Å². The Kier molecular flexibility index (Phi) is 8.34. The summed E-state index contributed by atoms with van der Waals surface area (Å²) in [5.41, 5.74) is 6.68. The Morgan fingerprint density at radius 3 is 2.14 bits per heavy atom. The molecule has 0 saturated heterocycles. The van der Waals surface area contributed by atoms with E-state index in [4.69, 9.17) is 27.5 Å². The third-order valence-electron chi connectivity index (χ3n) is 2.55. The SMILES string of the molecule is C=C(C=N)c1cc(C(=N)/C=N\N)cc(N(C=N)C=N)c1.CN. The third-order valence-corrected chi connectivity index (χ3v) is 2.55. The minimum Gasteiger partial charge on any atom is -0.333 e. The molecular formula is C14H20N8. The summed E-state index contributed by atoms with van der Waals surface area (Å²) in [4.78, 5) is 1.26. The number of hydrogen-bond donors (Lipinski definition) is 6. The number of rotatable bonds is 7. The fraction of sp³-hybridized carbons (Fsp3) is 0.0714. The lowest BCUT2D eigenvalue weighted by Gasteiger charge is -2.15. The van der Waals surface area contributed by atoms with Crippen molar-refractivity contribution >= 4 is 42.1 Å². The lowest BCUT2D eigenvalue weighted by molar-refractivity contribution is 1.27. The van der Waals surface area contributed by atoms with E-state index in [1.807, 2.05) is 0 Å². The molecule has 0 aromatic heterocycles. The van der Waals surface area contributed by atoms with Crippen molar-refractivity contribution in [1.29, 1.82) is 21.6 Å². The highest BCUT2D eigenvalue weighted by Gasteiger charge is 2.09. The maximum atomic E-state index is 7.83. The van der Waals surface area contributed by atoms with E-state index in [1.165, 1.54) is 18.2 Å². The molecule has 22 heavy (non-hydrogen) atoms. The molecule has 0 aliphatic rings. The van der Waals surface area contributed by atoms with E-state index >= 15 is 0 Å². The Hall–Kier alpha value is -3.13. The Bertz CT molecular complexity index is 595. The van der Waals surface area contributed by atoms with Crippen LogP contribution in [0.25, 0.3) is 5.57 Å². The van der Waals surface area contributed by atoms with Crippen molar-refractivity contribution in [2.75, 3.05) is 11.9 Å². The predicted octanol–water partition coefficient (Wildman–Crippen LogP) is 1.26. The average molecular weight is 300 g/mol. The lowest BCUT2D eigenvalue weighted by Crippen LogP contribution is -2.18. The molecule has 0 spiro atoms. The first-order chi connectivity index (χ1) is 10.6. The lowest BCUT2D eigenvalue weighted by atomic mass is 10.0. The topological polar surface area (TPSA) is 163 Å². The summed E-state index contributed by atoms with van der Waals surface area (Å²) in [6.45, 7) is 3.74. The molecule has 1 aromatic carbocycles. The van der Waals surface area contributed by atoms with Crippen LogP contribution in [0.15, 0.2) is 29.9 Å². The number of benzene rings is 1. The van der Waals surface area contributed by atoms with E-state index in [1.54, 1.807) is 18.2 Å². The van der Waals surface area contributed by atoms with E-state index < -0.39 is 0 Å². The maximum Gasteiger partial charge on any atom is 0.0915 e. The highest BCUT2D eigenvalue weighted by molar-refractivity contribution is 6.37. The molecule has 0 aliphatic heterocycles. The van der Waals surface area contributed by atoms with Crippen LogP contribution < -0.4 is 16.5 Å². The molecule has 0 unspecified atom stereocenters. The molecule has 0 atom stereocenters. The summed E-state index contributed by atoms with van der Waals surface area (Å²) < 4.78 is 0. The Morgan fingerprint density at radius 1 is 1.14 bits per heavy atom. The summed E-state index contributed by atoms with van der Waals surface area (Å²) in [6, 6.07) is 4.98. The molecule has 0 radical (unpaired) electrons. The van der Waals surface area contributed by atoms with Gasteiger partial charge < -0.3 is 17.0 Å². The van der Waals surface area contributed by atoms with E-state index in [9.17, 15) is 0 Å². The van der Waals surface area contributed by atoms with E-state index in [0.29, 0.717) is 22.4 Å². The Labute approximate surface area is 129 Å². The van der Waals surface area contributed by atoms with Gasteiger partial charge in [-0.2, -0.15) is 5.10 Å². The number of nitrogens with two attached hydrogens (primary N) is 2. The van der Waals surface area contributed by atoms with Crippen LogP contribution in [0, 0.1) is 21.6 Å². The van der Waals surface area contributed by atoms with Crippen LogP contribution >= 0.6 is 0 Å². The van der Waals surface area contributed by atoms with Gasteiger partial charge in [-0.15, -0.1) is 0 Å². The fourth-order valence-corrected chi connectivity index (χ4v) is 1.52. The average Bonchev–Trinajstić information content (AvgIpc) is 2.57. The van der Waals surface area contributed by atoms with Gasteiger partial charge in [0.05, 0.1) is 24.6 Å². The molecule has 8 heteroatoms. The molecule has 0 fully saturated rings. The number of hydrazone groups is 1. The van der Waals surface area contributed by atoms with E-state index in [2.05, 4.69) is 17.4 Å². The molecule has 1 aromatic rings. The Balaban J connectivity index is 0.00000211. The molecule has 116 valence electrons. The smallest absolute Gasteiger partial charge is 0.0915 e. The highest BCUT2D eigenvalue weighted by atomic mass is 15.1. The van der Waals surface area contributed by atoms with Gasteiger partial charge in [-0.25, -0.2) is 0 Å². The van der Waals surface area contributed by atoms with Crippen LogP contribution in [-0.2, 0) is 0 Å². The van der Waals surface area contributed by atoms with Gasteiger partial charge in [0, 0.05) is 17.5 Å². The molecule has 0 aliphatic carbocycles. The van der Waals surface area contributed by atoms with Gasteiger partial charge in [0.1, 0.15) is 0 Å². The fourth-order valence-electron chi connectivity index (χ4n) is 1.52. The predicted molar refractivity (Wildman–Crippen MR) is 93.9 cm³/mol. The zero-order valence-corrected chi connectivity index (χ0v) is 12.3. The van der Waals surface area contributed by atoms with Gasteiger partial charge in [0.2, 0.25) is 0 Å². The second-order valence-corrected chi connectivity index (χ2v) is 3.80. The first-order valence-electron chi connectivity index (χ1n) is 6.11. The number of allylic oxidation sites excluding steroid dienone is 1. The van der Waals surface area contributed by atoms with Crippen molar-refractivity contribution in [3.05, 3.63) is 35.9 Å². The Morgan fingerprint density at radius 2 is 1.68 bits per heavy atom. The summed E-state index contributed by atoms with van der Waals surface area (Å²) in [5.74, 6) is 5.03. The summed E-state index contributed by atoms with van der Waals surface area (Å²) >= 11 is 0. The number of nitrogens with one attached hydrogen (secondary N) is 4. The van der Waals surface area contributed by atoms with Gasteiger partial charge in [-0.1, -0.05) is 6.58 Å². The van der Waals surface area contributed by atoms with Crippen LogP contribution in [0.2, 0.25) is 0 Å². The molecular weight excluding hydrogens is 280 g/mol. The minimum absolute atomic E-state index is 0.0864. The van der Waals surface area contributed by atoms with E-state index in [0.717, 1.165) is 18.9 Å². The van der Waals surface area contributed by atoms with Crippen molar-refractivity contribution < 1.29 is 0 Å². The summed E-state index contributed by atoms with van der Waals surface area (Å²) in [5, 5.41) is 32.9. The standard InChI is InChI=1S/C13H15N7.CH5N/c1-9(5-14)10-2-11(13(17)6-19-18)4-12(3-10)20(7-15)8-16;1-2/h2-8,14-17H,1,18H2;2H2,1H3/b14-5?,15-7?,16-8?,17-13?,19-6-;. The second-order valence-electron chi connectivity index (χ2n) is 3.80. The van der Waals surface area contributed by atoms with Gasteiger partial charge in [-0.05, 0) is 36.4 Å².